The second kappa shape index (κ2) is 13.4. The van der Waals surface area contributed by atoms with E-state index in [1.807, 2.05) is 34.7 Å². The molecule has 1 aliphatic carbocycles. The Morgan fingerprint density at radius 1 is 1.19 bits per heavy atom. The van der Waals surface area contributed by atoms with Gasteiger partial charge in [0.25, 0.3) is 0 Å². The molecule has 1 rings (SSSR count). The van der Waals surface area contributed by atoms with E-state index in [-0.39, 0.29) is 24.0 Å². The summed E-state index contributed by atoms with van der Waals surface area (Å²) in [7, 11) is 2.00. The molecule has 31 heavy (non-hydrogen) atoms. The van der Waals surface area contributed by atoms with E-state index in [0.717, 1.165) is 44.7 Å². The lowest BCUT2D eigenvalue weighted by atomic mass is 9.85. The number of hydrogen-bond donors (Lipinski definition) is 3. The van der Waals surface area contributed by atoms with E-state index in [2.05, 4.69) is 39.7 Å². The molecule has 0 aromatic carbocycles. The molecule has 0 aromatic heterocycles. The minimum atomic E-state index is -0.509. The summed E-state index contributed by atoms with van der Waals surface area (Å²) in [6.07, 6.45) is 4.45. The van der Waals surface area contributed by atoms with Gasteiger partial charge in [0, 0.05) is 45.2 Å². The Kier molecular flexibility index (Phi) is 11.7. The molecule has 1 fully saturated rings. The number of hydrogen-bond acceptors (Lipinski definition) is 4. The highest BCUT2D eigenvalue weighted by molar-refractivity contribution is 5.80. The molecule has 0 bridgehead atoms. The van der Waals surface area contributed by atoms with Crippen molar-refractivity contribution in [3.05, 3.63) is 0 Å². The van der Waals surface area contributed by atoms with Crippen LogP contribution >= 0.6 is 0 Å². The molecule has 1 unspecified atom stereocenters. The predicted molar refractivity (Wildman–Crippen MR) is 126 cm³/mol. The molecule has 0 heterocycles. The summed E-state index contributed by atoms with van der Waals surface area (Å²) in [4.78, 5) is 30.8. The van der Waals surface area contributed by atoms with Gasteiger partial charge >= 0.3 is 6.09 Å². The van der Waals surface area contributed by atoms with Crippen molar-refractivity contribution in [2.75, 3.05) is 33.2 Å². The number of rotatable bonds is 11. The fourth-order valence-electron chi connectivity index (χ4n) is 3.23. The molecular formula is C23H45N5O3. The van der Waals surface area contributed by atoms with Gasteiger partial charge < -0.3 is 25.6 Å². The van der Waals surface area contributed by atoms with Crippen LogP contribution < -0.4 is 16.0 Å². The van der Waals surface area contributed by atoms with E-state index in [1.165, 1.54) is 6.42 Å². The third kappa shape index (κ3) is 11.3. The van der Waals surface area contributed by atoms with Gasteiger partial charge in [-0.05, 0) is 59.3 Å². The summed E-state index contributed by atoms with van der Waals surface area (Å²) in [6, 6.07) is 0.0156. The SMILES string of the molecule is CCNC(=NCCCNC(=O)C1CCC1)N(C)CCC(NC(=O)OC(C)(C)C)C(C)C. The van der Waals surface area contributed by atoms with E-state index in [4.69, 9.17) is 4.74 Å². The quantitative estimate of drug-likeness (QED) is 0.261. The van der Waals surface area contributed by atoms with Gasteiger partial charge in [-0.3, -0.25) is 9.79 Å². The molecular weight excluding hydrogens is 394 g/mol. The van der Waals surface area contributed by atoms with Gasteiger partial charge in [-0.15, -0.1) is 0 Å². The molecule has 3 N–H and O–H groups in total. The maximum atomic E-state index is 12.2. The number of nitrogens with zero attached hydrogens (tertiary/aromatic N) is 2. The summed E-state index contributed by atoms with van der Waals surface area (Å²) in [5, 5.41) is 9.33. The van der Waals surface area contributed by atoms with Gasteiger partial charge in [0.2, 0.25) is 5.91 Å². The first-order valence-electron chi connectivity index (χ1n) is 11.8. The minimum absolute atomic E-state index is 0.0156. The van der Waals surface area contributed by atoms with E-state index in [0.29, 0.717) is 19.0 Å². The van der Waals surface area contributed by atoms with E-state index in [9.17, 15) is 9.59 Å². The molecule has 0 spiro atoms. The smallest absolute Gasteiger partial charge is 0.407 e. The summed E-state index contributed by atoms with van der Waals surface area (Å²) >= 11 is 0. The van der Waals surface area contributed by atoms with E-state index in [1.54, 1.807) is 0 Å². The molecule has 1 aliphatic rings. The first-order valence-corrected chi connectivity index (χ1v) is 11.8. The Morgan fingerprint density at radius 3 is 2.39 bits per heavy atom. The van der Waals surface area contributed by atoms with Crippen LogP contribution in [-0.2, 0) is 9.53 Å². The predicted octanol–water partition coefficient (Wildman–Crippen LogP) is 3.13. The lowest BCUT2D eigenvalue weighted by Gasteiger charge is -2.28. The van der Waals surface area contributed by atoms with Crippen LogP contribution in [0.1, 0.15) is 73.6 Å². The van der Waals surface area contributed by atoms with Gasteiger partial charge in [-0.25, -0.2) is 4.79 Å². The second-order valence-corrected chi connectivity index (χ2v) is 9.72. The van der Waals surface area contributed by atoms with Crippen molar-refractivity contribution in [2.24, 2.45) is 16.8 Å². The number of carbonyl (C=O) groups excluding carboxylic acids is 2. The topological polar surface area (TPSA) is 95.1 Å². The van der Waals surface area contributed by atoms with Crippen molar-refractivity contribution in [1.29, 1.82) is 0 Å². The number of guanidine groups is 1. The van der Waals surface area contributed by atoms with Gasteiger partial charge in [0.05, 0.1) is 0 Å². The lowest BCUT2D eigenvalue weighted by Crippen LogP contribution is -2.45. The van der Waals surface area contributed by atoms with Crippen molar-refractivity contribution in [2.45, 2.75) is 85.3 Å². The Hall–Kier alpha value is -1.99. The zero-order chi connectivity index (χ0) is 23.4. The van der Waals surface area contributed by atoms with Crippen molar-refractivity contribution in [3.8, 4) is 0 Å². The normalized spacial score (nSPS) is 15.8. The Balaban J connectivity index is 2.46. The maximum Gasteiger partial charge on any atom is 0.407 e. The fraction of sp³-hybridized carbons (Fsp3) is 0.870. The molecule has 8 heteroatoms. The summed E-state index contributed by atoms with van der Waals surface area (Å²) in [6.45, 7) is 14.7. The van der Waals surface area contributed by atoms with Crippen LogP contribution in [0, 0.1) is 11.8 Å². The average Bonchev–Trinajstić information content (AvgIpc) is 2.60. The molecule has 8 nitrogen and oxygen atoms in total. The summed E-state index contributed by atoms with van der Waals surface area (Å²) < 4.78 is 5.40. The number of amides is 2. The molecule has 0 saturated heterocycles. The van der Waals surface area contributed by atoms with Crippen LogP contribution in [0.2, 0.25) is 0 Å². The molecule has 1 saturated carbocycles. The molecule has 1 atom stereocenters. The number of carbonyl (C=O) groups is 2. The fourth-order valence-corrected chi connectivity index (χ4v) is 3.23. The molecule has 180 valence electrons. The molecule has 2 amide bonds. The Labute approximate surface area is 189 Å². The molecule has 0 aliphatic heterocycles. The molecule has 0 aromatic rings. The lowest BCUT2D eigenvalue weighted by molar-refractivity contribution is -0.127. The van der Waals surface area contributed by atoms with Crippen LogP contribution in [-0.4, -0.2) is 67.7 Å². The Bertz CT molecular complexity index is 582. The van der Waals surface area contributed by atoms with Gasteiger partial charge in [-0.1, -0.05) is 20.3 Å². The highest BCUT2D eigenvalue weighted by Crippen LogP contribution is 2.26. The highest BCUT2D eigenvalue weighted by atomic mass is 16.6. The monoisotopic (exact) mass is 439 g/mol. The zero-order valence-electron chi connectivity index (χ0n) is 20.7. The zero-order valence-corrected chi connectivity index (χ0v) is 20.7. The van der Waals surface area contributed by atoms with Crippen LogP contribution in [0.4, 0.5) is 4.79 Å². The first-order chi connectivity index (χ1) is 14.5. The largest absolute Gasteiger partial charge is 0.444 e. The first kappa shape index (κ1) is 27.0. The summed E-state index contributed by atoms with van der Waals surface area (Å²) in [5.74, 6) is 1.55. The third-order valence-corrected chi connectivity index (χ3v) is 5.35. The maximum absolute atomic E-state index is 12.2. The van der Waals surface area contributed by atoms with Gasteiger partial charge in [0.1, 0.15) is 5.60 Å². The van der Waals surface area contributed by atoms with E-state index >= 15 is 0 Å². The number of ether oxygens (including phenoxy) is 1. The third-order valence-electron chi connectivity index (χ3n) is 5.35. The van der Waals surface area contributed by atoms with Crippen LogP contribution in [0.3, 0.4) is 0 Å². The Morgan fingerprint density at radius 2 is 1.87 bits per heavy atom. The number of alkyl carbamates (subject to hydrolysis) is 1. The van der Waals surface area contributed by atoms with Crippen molar-refractivity contribution in [1.82, 2.24) is 20.9 Å². The van der Waals surface area contributed by atoms with Crippen molar-refractivity contribution in [3.63, 3.8) is 0 Å². The second-order valence-electron chi connectivity index (χ2n) is 9.72. The average molecular weight is 440 g/mol. The summed E-state index contributed by atoms with van der Waals surface area (Å²) in [5.41, 5.74) is -0.509. The number of aliphatic imine (C=N–C) groups is 1. The molecule has 0 radical (unpaired) electrons. The van der Waals surface area contributed by atoms with Crippen LogP contribution in [0.5, 0.6) is 0 Å². The number of nitrogens with one attached hydrogen (secondary N) is 3. The minimum Gasteiger partial charge on any atom is -0.444 e. The van der Waals surface area contributed by atoms with Crippen molar-refractivity contribution < 1.29 is 14.3 Å². The van der Waals surface area contributed by atoms with Crippen LogP contribution in [0.15, 0.2) is 4.99 Å². The van der Waals surface area contributed by atoms with E-state index < -0.39 is 5.60 Å². The van der Waals surface area contributed by atoms with Crippen molar-refractivity contribution >= 4 is 18.0 Å². The standard InChI is InChI=1S/C23H45N5O3/c1-8-24-21(26-15-10-14-25-20(29)18-11-9-12-18)28(7)16-13-19(17(2)3)27-22(30)31-23(4,5)6/h17-19H,8-16H2,1-7H3,(H,24,26)(H,25,29)(H,27,30). The van der Waals surface area contributed by atoms with Gasteiger partial charge in [-0.2, -0.15) is 0 Å². The highest BCUT2D eigenvalue weighted by Gasteiger charge is 2.24. The van der Waals surface area contributed by atoms with Crippen LogP contribution in [0.25, 0.3) is 0 Å². The van der Waals surface area contributed by atoms with Gasteiger partial charge in [0.15, 0.2) is 5.96 Å².